The van der Waals surface area contributed by atoms with Gasteiger partial charge in [0.2, 0.25) is 10.0 Å². The van der Waals surface area contributed by atoms with Crippen molar-refractivity contribution >= 4 is 22.1 Å². The summed E-state index contributed by atoms with van der Waals surface area (Å²) >= 11 is 0. The average molecular weight is 581 g/mol. The van der Waals surface area contributed by atoms with Crippen LogP contribution in [0.4, 0.5) is 4.79 Å². The molecule has 1 aliphatic heterocycles. The molecule has 1 amide bonds. The van der Waals surface area contributed by atoms with E-state index in [1.165, 1.54) is 17.5 Å². The molecule has 1 fully saturated rings. The third-order valence-corrected chi connectivity index (χ3v) is 8.48. The summed E-state index contributed by atoms with van der Waals surface area (Å²) in [7, 11) is -2.64. The van der Waals surface area contributed by atoms with Crippen LogP contribution in [0.1, 0.15) is 56.3 Å². The van der Waals surface area contributed by atoms with Crippen LogP contribution >= 0.6 is 0 Å². The normalized spacial score (nSPS) is 16.5. The maximum atomic E-state index is 13.4. The van der Waals surface area contributed by atoms with Crippen LogP contribution in [-0.4, -0.2) is 50.1 Å². The Morgan fingerprint density at radius 2 is 1.68 bits per heavy atom. The number of carbonyl (C=O) groups is 2. The molecule has 4 rings (SSSR count). The minimum absolute atomic E-state index is 0.0915. The minimum Gasteiger partial charge on any atom is -0.489 e. The summed E-state index contributed by atoms with van der Waals surface area (Å²) in [6.45, 7) is 5.79. The molecule has 0 radical (unpaired) electrons. The lowest BCUT2D eigenvalue weighted by molar-refractivity contribution is -0.144. The fourth-order valence-corrected chi connectivity index (χ4v) is 6.43. The number of sulfonamides is 1. The number of benzene rings is 3. The molecular formula is C31H36N2O7S. The second kappa shape index (κ2) is 12.7. The molecule has 218 valence electrons. The van der Waals surface area contributed by atoms with Crippen molar-refractivity contribution in [3.63, 3.8) is 0 Å². The van der Waals surface area contributed by atoms with Gasteiger partial charge in [-0.1, -0.05) is 54.6 Å². The highest BCUT2D eigenvalue weighted by atomic mass is 32.2. The van der Waals surface area contributed by atoms with Gasteiger partial charge in [0.25, 0.3) is 0 Å². The second-order valence-corrected chi connectivity index (χ2v) is 12.7. The monoisotopic (exact) mass is 580 g/mol. The molecular weight excluding hydrogens is 544 g/mol. The summed E-state index contributed by atoms with van der Waals surface area (Å²) in [6, 6.07) is 22.1. The highest BCUT2D eigenvalue weighted by Gasteiger charge is 2.40. The first-order valence-electron chi connectivity index (χ1n) is 13.4. The zero-order chi connectivity index (χ0) is 29.6. The van der Waals surface area contributed by atoms with E-state index in [1.807, 2.05) is 48.5 Å². The van der Waals surface area contributed by atoms with Crippen LogP contribution in [0.3, 0.4) is 0 Å². The number of methoxy groups -OCH3 is 1. The van der Waals surface area contributed by atoms with Crippen molar-refractivity contribution in [2.75, 3.05) is 13.7 Å². The summed E-state index contributed by atoms with van der Waals surface area (Å²) in [5.41, 5.74) is 1.67. The van der Waals surface area contributed by atoms with E-state index in [4.69, 9.17) is 14.2 Å². The van der Waals surface area contributed by atoms with Gasteiger partial charge in [-0.3, -0.25) is 4.79 Å². The van der Waals surface area contributed by atoms with Crippen molar-refractivity contribution in [3.8, 4) is 5.75 Å². The molecule has 3 aromatic rings. The standard InChI is InChI=1S/C31H36N2O7S/c1-31(2,3)40-30(35)32-28(23-12-6-5-7-13-23)24-14-9-15-25(20-24)39-21-22-11-8-16-26(19-22)41(36,37)33-18-10-17-27(33)29(34)38-4/h5-9,11-16,19-20,27-28H,10,17-18,21H2,1-4H3,(H,32,35). The van der Waals surface area contributed by atoms with Crippen LogP contribution in [0.15, 0.2) is 83.8 Å². The van der Waals surface area contributed by atoms with Gasteiger partial charge in [-0.15, -0.1) is 0 Å². The fraction of sp³-hybridized carbons (Fsp3) is 0.355. The summed E-state index contributed by atoms with van der Waals surface area (Å²) in [5.74, 6) is -0.00612. The van der Waals surface area contributed by atoms with Gasteiger partial charge in [0.05, 0.1) is 18.0 Å². The van der Waals surface area contributed by atoms with Gasteiger partial charge in [-0.05, 0) is 74.6 Å². The Hall–Kier alpha value is -3.89. The fourth-order valence-electron chi connectivity index (χ4n) is 4.71. The minimum atomic E-state index is -3.90. The predicted molar refractivity (Wildman–Crippen MR) is 154 cm³/mol. The van der Waals surface area contributed by atoms with E-state index >= 15 is 0 Å². The molecule has 0 spiro atoms. The molecule has 10 heteroatoms. The number of rotatable bonds is 9. The van der Waals surface area contributed by atoms with Crippen LogP contribution in [0, 0.1) is 0 Å². The predicted octanol–water partition coefficient (Wildman–Crippen LogP) is 5.21. The van der Waals surface area contributed by atoms with Crippen molar-refractivity contribution in [2.24, 2.45) is 0 Å². The lowest BCUT2D eigenvalue weighted by atomic mass is 9.98. The Labute approximate surface area is 241 Å². The SMILES string of the molecule is COC(=O)C1CCCN1S(=O)(=O)c1cccc(COc2cccc(C(NC(=O)OC(C)(C)C)c3ccccc3)c2)c1. The lowest BCUT2D eigenvalue weighted by Crippen LogP contribution is -2.41. The Morgan fingerprint density at radius 1 is 0.976 bits per heavy atom. The number of carbonyl (C=O) groups excluding carboxylic acids is 2. The second-order valence-electron chi connectivity index (χ2n) is 10.8. The number of hydrogen-bond donors (Lipinski definition) is 1. The van der Waals surface area contributed by atoms with Crippen LogP contribution in [0.25, 0.3) is 0 Å². The van der Waals surface area contributed by atoms with E-state index in [-0.39, 0.29) is 18.0 Å². The van der Waals surface area contributed by atoms with Gasteiger partial charge >= 0.3 is 12.1 Å². The molecule has 1 aliphatic rings. The van der Waals surface area contributed by atoms with E-state index in [2.05, 4.69) is 5.32 Å². The largest absolute Gasteiger partial charge is 0.489 e. The molecule has 0 bridgehead atoms. The summed E-state index contributed by atoms with van der Waals surface area (Å²) in [4.78, 5) is 24.9. The first-order valence-corrected chi connectivity index (χ1v) is 14.9. The molecule has 1 saturated heterocycles. The molecule has 2 unspecified atom stereocenters. The number of hydrogen-bond acceptors (Lipinski definition) is 7. The van der Waals surface area contributed by atoms with E-state index < -0.39 is 39.8 Å². The van der Waals surface area contributed by atoms with Gasteiger partial charge in [0.1, 0.15) is 24.0 Å². The van der Waals surface area contributed by atoms with Gasteiger partial charge in [-0.2, -0.15) is 4.31 Å². The quantitative estimate of drug-likeness (QED) is 0.346. The topological polar surface area (TPSA) is 111 Å². The van der Waals surface area contributed by atoms with Gasteiger partial charge in [0, 0.05) is 6.54 Å². The Bertz CT molecular complexity index is 1470. The lowest BCUT2D eigenvalue weighted by Gasteiger charge is -2.24. The number of amides is 1. The average Bonchev–Trinajstić information content (AvgIpc) is 3.45. The highest BCUT2D eigenvalue weighted by Crippen LogP contribution is 2.29. The van der Waals surface area contributed by atoms with Crippen LogP contribution < -0.4 is 10.1 Å². The van der Waals surface area contributed by atoms with Crippen molar-refractivity contribution in [1.29, 1.82) is 0 Å². The zero-order valence-electron chi connectivity index (χ0n) is 23.7. The smallest absolute Gasteiger partial charge is 0.408 e. The molecule has 1 N–H and O–H groups in total. The molecule has 41 heavy (non-hydrogen) atoms. The van der Waals surface area contributed by atoms with E-state index in [9.17, 15) is 18.0 Å². The Balaban J connectivity index is 1.51. The third kappa shape index (κ3) is 7.65. The number of ether oxygens (including phenoxy) is 3. The van der Waals surface area contributed by atoms with Crippen LogP contribution in [-0.2, 0) is 30.9 Å². The van der Waals surface area contributed by atoms with Crippen molar-refractivity contribution in [2.45, 2.75) is 62.8 Å². The molecule has 0 aromatic heterocycles. The maximum Gasteiger partial charge on any atom is 0.408 e. The van der Waals surface area contributed by atoms with Crippen molar-refractivity contribution in [1.82, 2.24) is 9.62 Å². The number of alkyl carbamates (subject to hydrolysis) is 1. The molecule has 0 saturated carbocycles. The molecule has 0 aliphatic carbocycles. The van der Waals surface area contributed by atoms with E-state index in [0.717, 1.165) is 11.1 Å². The molecule has 3 aromatic carbocycles. The van der Waals surface area contributed by atoms with Crippen LogP contribution in [0.2, 0.25) is 0 Å². The maximum absolute atomic E-state index is 13.4. The Morgan fingerprint density at radius 3 is 2.39 bits per heavy atom. The Kier molecular flexibility index (Phi) is 9.35. The van der Waals surface area contributed by atoms with Crippen molar-refractivity contribution in [3.05, 3.63) is 95.6 Å². The van der Waals surface area contributed by atoms with Gasteiger partial charge in [-0.25, -0.2) is 13.2 Å². The number of nitrogens with one attached hydrogen (secondary N) is 1. The first-order chi connectivity index (χ1) is 19.5. The first kappa shape index (κ1) is 30.1. The van der Waals surface area contributed by atoms with Gasteiger partial charge < -0.3 is 19.5 Å². The van der Waals surface area contributed by atoms with Crippen LogP contribution in [0.5, 0.6) is 5.75 Å². The third-order valence-electron chi connectivity index (χ3n) is 6.57. The summed E-state index contributed by atoms with van der Waals surface area (Å²) < 4.78 is 44.3. The number of esters is 1. The summed E-state index contributed by atoms with van der Waals surface area (Å²) in [5, 5.41) is 2.95. The zero-order valence-corrected chi connectivity index (χ0v) is 24.5. The van der Waals surface area contributed by atoms with Crippen molar-refractivity contribution < 1.29 is 32.2 Å². The highest BCUT2D eigenvalue weighted by molar-refractivity contribution is 7.89. The van der Waals surface area contributed by atoms with E-state index in [0.29, 0.717) is 24.2 Å². The molecule has 9 nitrogen and oxygen atoms in total. The molecule has 2 atom stereocenters. The number of nitrogens with zero attached hydrogens (tertiary/aromatic N) is 1. The van der Waals surface area contributed by atoms with Gasteiger partial charge in [0.15, 0.2) is 0 Å². The van der Waals surface area contributed by atoms with E-state index in [1.54, 1.807) is 45.0 Å². The summed E-state index contributed by atoms with van der Waals surface area (Å²) in [6.07, 6.45) is 0.478. The molecule has 1 heterocycles.